The van der Waals surface area contributed by atoms with Gasteiger partial charge >= 0.3 is 0 Å². The van der Waals surface area contributed by atoms with E-state index in [1.807, 2.05) is 48.5 Å². The predicted molar refractivity (Wildman–Crippen MR) is 136 cm³/mol. The molecular weight excluding hydrogens is 438 g/mol. The van der Waals surface area contributed by atoms with Crippen LogP contribution in [0.25, 0.3) is 21.8 Å². The fourth-order valence-corrected chi connectivity index (χ4v) is 4.20. The van der Waals surface area contributed by atoms with Crippen molar-refractivity contribution in [2.75, 3.05) is 19.5 Å². The van der Waals surface area contributed by atoms with Crippen molar-refractivity contribution >= 4 is 34.4 Å². The van der Waals surface area contributed by atoms with Gasteiger partial charge in [0.15, 0.2) is 16.6 Å². The number of nitrogens with one attached hydrogen (secondary N) is 2. The van der Waals surface area contributed by atoms with Crippen molar-refractivity contribution in [3.05, 3.63) is 83.7 Å². The third-order valence-electron chi connectivity index (χ3n) is 4.87. The van der Waals surface area contributed by atoms with Gasteiger partial charge in [0.25, 0.3) is 0 Å². The fraction of sp³-hybridized carbons (Fsp3) is 0.120. The number of methoxy groups -OCH3 is 2. The Morgan fingerprint density at radius 3 is 2.34 bits per heavy atom. The number of thiocarbonyl (C=S) groups is 1. The van der Waals surface area contributed by atoms with Crippen molar-refractivity contribution in [1.82, 2.24) is 10.3 Å². The number of rotatable bonds is 7. The maximum absolute atomic E-state index is 5.41. The van der Waals surface area contributed by atoms with Crippen molar-refractivity contribution < 1.29 is 9.47 Å². The lowest BCUT2D eigenvalue weighted by Gasteiger charge is -2.10. The van der Waals surface area contributed by atoms with Crippen LogP contribution in [0.15, 0.2) is 78.2 Å². The first-order valence-corrected chi connectivity index (χ1v) is 11.3. The lowest BCUT2D eigenvalue weighted by Crippen LogP contribution is -2.27. The van der Waals surface area contributed by atoms with Crippen molar-refractivity contribution in [2.24, 2.45) is 0 Å². The van der Waals surface area contributed by atoms with Gasteiger partial charge in [-0.3, -0.25) is 0 Å². The van der Waals surface area contributed by atoms with Gasteiger partial charge in [-0.25, -0.2) is 4.98 Å². The number of ether oxygens (including phenoxy) is 2. The van der Waals surface area contributed by atoms with E-state index in [1.165, 1.54) is 0 Å². The second-order valence-corrected chi connectivity index (χ2v) is 8.24. The van der Waals surface area contributed by atoms with E-state index >= 15 is 0 Å². The van der Waals surface area contributed by atoms with Crippen LogP contribution in [0.4, 0.5) is 5.69 Å². The highest BCUT2D eigenvalue weighted by Crippen LogP contribution is 2.34. The smallest absolute Gasteiger partial charge is 0.171 e. The third-order valence-corrected chi connectivity index (χ3v) is 6.01. The van der Waals surface area contributed by atoms with Gasteiger partial charge in [-0.05, 0) is 48.1 Å². The van der Waals surface area contributed by atoms with E-state index in [9.17, 15) is 0 Å². The topological polar surface area (TPSA) is 55.4 Å². The molecule has 2 N–H and O–H groups in total. The van der Waals surface area contributed by atoms with Crippen molar-refractivity contribution in [3.8, 4) is 33.3 Å². The molecule has 0 aliphatic heterocycles. The number of nitrogens with zero attached hydrogens (tertiary/aromatic N) is 1. The van der Waals surface area contributed by atoms with Gasteiger partial charge in [0.1, 0.15) is 5.01 Å². The lowest BCUT2D eigenvalue weighted by molar-refractivity contribution is 0.355. The summed E-state index contributed by atoms with van der Waals surface area (Å²) in [5.74, 6) is 1.39. The van der Waals surface area contributed by atoms with E-state index in [0.29, 0.717) is 23.2 Å². The second-order valence-electron chi connectivity index (χ2n) is 6.98. The van der Waals surface area contributed by atoms with Gasteiger partial charge in [-0.2, -0.15) is 0 Å². The quantitative estimate of drug-likeness (QED) is 0.330. The van der Waals surface area contributed by atoms with Gasteiger partial charge < -0.3 is 20.1 Å². The molecule has 7 heteroatoms. The van der Waals surface area contributed by atoms with Crippen molar-refractivity contribution in [2.45, 2.75) is 6.54 Å². The second kappa shape index (κ2) is 10.3. The molecule has 0 aliphatic carbocycles. The SMILES string of the molecule is COc1ccc(-c2csc(-c3ccc(CNC(=S)Nc4ccccc4)cc3)n2)cc1OC. The number of para-hydroxylation sites is 1. The molecular formula is C25H23N3O2S2. The summed E-state index contributed by atoms with van der Waals surface area (Å²) in [5.41, 5.74) is 5.09. The first-order chi connectivity index (χ1) is 15.7. The molecule has 0 spiro atoms. The normalized spacial score (nSPS) is 10.4. The van der Waals surface area contributed by atoms with Gasteiger partial charge in [-0.1, -0.05) is 42.5 Å². The number of anilines is 1. The molecule has 0 bridgehead atoms. The lowest BCUT2D eigenvalue weighted by atomic mass is 10.1. The Bertz CT molecular complexity index is 1190. The molecule has 0 fully saturated rings. The Labute approximate surface area is 197 Å². The highest BCUT2D eigenvalue weighted by atomic mass is 32.1. The summed E-state index contributed by atoms with van der Waals surface area (Å²) in [6, 6.07) is 24.0. The first-order valence-electron chi connectivity index (χ1n) is 10.0. The first kappa shape index (κ1) is 21.8. The van der Waals surface area contributed by atoms with Crippen LogP contribution in [0.3, 0.4) is 0 Å². The van der Waals surface area contributed by atoms with Crippen molar-refractivity contribution in [1.29, 1.82) is 0 Å². The molecule has 1 aromatic heterocycles. The summed E-state index contributed by atoms with van der Waals surface area (Å²) < 4.78 is 10.7. The van der Waals surface area contributed by atoms with E-state index in [0.717, 1.165) is 33.1 Å². The standard InChI is InChI=1S/C25H23N3O2S2/c1-29-22-13-12-19(14-23(22)30-2)21-16-32-24(28-21)18-10-8-17(9-11-18)15-26-25(31)27-20-6-4-3-5-7-20/h3-14,16H,15H2,1-2H3,(H2,26,27,31). The van der Waals surface area contributed by atoms with Crippen LogP contribution in [-0.4, -0.2) is 24.3 Å². The average molecular weight is 462 g/mol. The Balaban J connectivity index is 1.39. The molecule has 1 heterocycles. The Morgan fingerprint density at radius 2 is 1.62 bits per heavy atom. The van der Waals surface area contributed by atoms with Crippen LogP contribution < -0.4 is 20.1 Å². The fourth-order valence-electron chi connectivity index (χ4n) is 3.18. The molecule has 0 atom stereocenters. The monoisotopic (exact) mass is 461 g/mol. The van der Waals surface area contributed by atoms with Gasteiger partial charge in [0.05, 0.1) is 19.9 Å². The van der Waals surface area contributed by atoms with Gasteiger partial charge in [0.2, 0.25) is 0 Å². The molecule has 0 saturated carbocycles. The number of aromatic nitrogens is 1. The van der Waals surface area contributed by atoms with Crippen LogP contribution in [0.1, 0.15) is 5.56 Å². The molecule has 0 saturated heterocycles. The highest BCUT2D eigenvalue weighted by Gasteiger charge is 2.10. The molecule has 3 aromatic carbocycles. The predicted octanol–water partition coefficient (Wildman–Crippen LogP) is 5.98. The van der Waals surface area contributed by atoms with Crippen LogP contribution in [0.2, 0.25) is 0 Å². The molecule has 5 nitrogen and oxygen atoms in total. The number of hydrogen-bond acceptors (Lipinski definition) is 5. The maximum Gasteiger partial charge on any atom is 0.171 e. The Kier molecular flexibility index (Phi) is 6.99. The minimum atomic E-state index is 0.597. The van der Waals surface area contributed by atoms with Gasteiger partial charge in [0, 0.05) is 28.7 Å². The summed E-state index contributed by atoms with van der Waals surface area (Å²) in [7, 11) is 3.26. The largest absolute Gasteiger partial charge is 0.493 e. The van der Waals surface area contributed by atoms with E-state index in [4.69, 9.17) is 26.7 Å². The Hall–Kier alpha value is -3.42. The number of hydrogen-bond donors (Lipinski definition) is 2. The average Bonchev–Trinajstić information content (AvgIpc) is 3.33. The van der Waals surface area contributed by atoms with Crippen LogP contribution >= 0.6 is 23.6 Å². The van der Waals surface area contributed by atoms with E-state index in [-0.39, 0.29) is 0 Å². The molecule has 0 aliphatic rings. The minimum Gasteiger partial charge on any atom is -0.493 e. The summed E-state index contributed by atoms with van der Waals surface area (Å²) >= 11 is 6.99. The summed E-state index contributed by atoms with van der Waals surface area (Å²) in [4.78, 5) is 4.81. The number of benzene rings is 3. The van der Waals surface area contributed by atoms with Crippen LogP contribution in [-0.2, 0) is 6.54 Å². The molecule has 32 heavy (non-hydrogen) atoms. The highest BCUT2D eigenvalue weighted by molar-refractivity contribution is 7.80. The van der Waals surface area contributed by atoms with Crippen molar-refractivity contribution in [3.63, 3.8) is 0 Å². The third kappa shape index (κ3) is 5.25. The van der Waals surface area contributed by atoms with Crippen LogP contribution in [0.5, 0.6) is 11.5 Å². The zero-order chi connectivity index (χ0) is 22.3. The van der Waals surface area contributed by atoms with E-state index in [1.54, 1.807) is 25.6 Å². The number of thiazole rings is 1. The molecule has 162 valence electrons. The van der Waals surface area contributed by atoms with Gasteiger partial charge in [-0.15, -0.1) is 11.3 Å². The van der Waals surface area contributed by atoms with Crippen LogP contribution in [0, 0.1) is 0 Å². The molecule has 0 radical (unpaired) electrons. The summed E-state index contributed by atoms with van der Waals surface area (Å²) in [5, 5.41) is 10.0. The minimum absolute atomic E-state index is 0.597. The summed E-state index contributed by atoms with van der Waals surface area (Å²) in [6.45, 7) is 0.647. The van der Waals surface area contributed by atoms with E-state index < -0.39 is 0 Å². The zero-order valence-electron chi connectivity index (χ0n) is 17.8. The summed E-state index contributed by atoms with van der Waals surface area (Å²) in [6.07, 6.45) is 0. The molecule has 0 amide bonds. The Morgan fingerprint density at radius 1 is 0.906 bits per heavy atom. The van der Waals surface area contributed by atoms with E-state index in [2.05, 4.69) is 40.3 Å². The molecule has 0 unspecified atom stereocenters. The maximum atomic E-state index is 5.41. The molecule has 4 rings (SSSR count). The molecule has 4 aromatic rings. The zero-order valence-corrected chi connectivity index (χ0v) is 19.4.